The Labute approximate surface area is 166 Å². The number of halogens is 1. The van der Waals surface area contributed by atoms with Gasteiger partial charge in [-0.1, -0.05) is 47.3 Å². The van der Waals surface area contributed by atoms with E-state index in [4.69, 9.17) is 0 Å². The van der Waals surface area contributed by atoms with Crippen LogP contribution in [0.4, 0.5) is 10.1 Å². The predicted octanol–water partition coefficient (Wildman–Crippen LogP) is 5.45. The van der Waals surface area contributed by atoms with Crippen LogP contribution >= 0.6 is 0 Å². The standard InChI is InChI=1S/C17H22FN3OS.2C2H6/c1-5-8-23(22)20-17-11-21(4)13(3)10-16(17)19-15-7-6-12(2)9-14(15)18;2*1-2/h6-7,9-11,19-20H,3,5,8H2,1-2,4H3;2*1-2H3. The van der Waals surface area contributed by atoms with Gasteiger partial charge in [0.15, 0.2) is 0 Å². The van der Waals surface area contributed by atoms with Crippen molar-refractivity contribution in [1.29, 1.82) is 0 Å². The summed E-state index contributed by atoms with van der Waals surface area (Å²) in [4.78, 5) is 1.82. The molecule has 1 heterocycles. The number of allylic oxidation sites excluding steroid dienone is 1. The summed E-state index contributed by atoms with van der Waals surface area (Å²) in [6.07, 6.45) is 4.41. The molecule has 0 amide bonds. The summed E-state index contributed by atoms with van der Waals surface area (Å²) in [5.74, 6) is 0.221. The first-order valence-corrected chi connectivity index (χ1v) is 10.8. The molecule has 2 N–H and O–H groups in total. The molecular formula is C21H34FN3OS. The number of nitrogens with one attached hydrogen (secondary N) is 2. The minimum Gasteiger partial charge on any atom is -0.351 e. The van der Waals surface area contributed by atoms with Crippen molar-refractivity contribution in [2.45, 2.75) is 48.0 Å². The first kappa shape index (κ1) is 24.9. The average Bonchev–Trinajstić information content (AvgIpc) is 2.65. The van der Waals surface area contributed by atoms with Gasteiger partial charge in [0.2, 0.25) is 0 Å². The van der Waals surface area contributed by atoms with Crippen LogP contribution in [-0.4, -0.2) is 21.9 Å². The molecule has 1 aliphatic rings. The third kappa shape index (κ3) is 7.99. The molecule has 0 saturated heterocycles. The fourth-order valence-corrected chi connectivity index (χ4v) is 2.98. The van der Waals surface area contributed by atoms with Crippen LogP contribution < -0.4 is 10.0 Å². The predicted molar refractivity (Wildman–Crippen MR) is 117 cm³/mol. The van der Waals surface area contributed by atoms with E-state index in [-0.39, 0.29) is 5.82 Å². The van der Waals surface area contributed by atoms with Gasteiger partial charge in [-0.25, -0.2) is 8.60 Å². The van der Waals surface area contributed by atoms with Crippen LogP contribution in [0.1, 0.15) is 46.6 Å². The van der Waals surface area contributed by atoms with Crippen LogP contribution in [0, 0.1) is 12.7 Å². The summed E-state index contributed by atoms with van der Waals surface area (Å²) in [5, 5.41) is 3.06. The largest absolute Gasteiger partial charge is 0.351 e. The molecule has 0 bridgehead atoms. The van der Waals surface area contributed by atoms with Crippen molar-refractivity contribution in [1.82, 2.24) is 9.62 Å². The molecule has 0 saturated carbocycles. The zero-order chi connectivity index (χ0) is 21.0. The Hall–Kier alpha value is -2.08. The summed E-state index contributed by atoms with van der Waals surface area (Å²) in [7, 11) is 0.673. The molecule has 1 aromatic carbocycles. The van der Waals surface area contributed by atoms with Crippen molar-refractivity contribution in [3.05, 3.63) is 65.5 Å². The molecule has 1 aliphatic heterocycles. The smallest absolute Gasteiger partial charge is 0.146 e. The van der Waals surface area contributed by atoms with E-state index < -0.39 is 11.0 Å². The highest BCUT2D eigenvalue weighted by molar-refractivity contribution is 7.83. The second-order valence-electron chi connectivity index (χ2n) is 5.46. The third-order valence-electron chi connectivity index (χ3n) is 3.38. The number of likely N-dealkylation sites (N-methyl/N-ethyl adjacent to an activating group) is 1. The Kier molecular flexibility index (Phi) is 12.1. The van der Waals surface area contributed by atoms with Crippen molar-refractivity contribution < 1.29 is 8.60 Å². The summed E-state index contributed by atoms with van der Waals surface area (Å²) in [5.41, 5.74) is 3.26. The molecule has 27 heavy (non-hydrogen) atoms. The van der Waals surface area contributed by atoms with Crippen LogP contribution in [0.3, 0.4) is 0 Å². The van der Waals surface area contributed by atoms with Crippen LogP contribution in [0.15, 0.2) is 54.1 Å². The number of nitrogens with zero attached hydrogens (tertiary/aromatic N) is 1. The Balaban J connectivity index is 0.00000158. The number of anilines is 1. The summed E-state index contributed by atoms with van der Waals surface area (Å²) in [6, 6.07) is 4.99. The monoisotopic (exact) mass is 395 g/mol. The van der Waals surface area contributed by atoms with Gasteiger partial charge in [-0.3, -0.25) is 0 Å². The van der Waals surface area contributed by atoms with E-state index >= 15 is 0 Å². The van der Waals surface area contributed by atoms with Gasteiger partial charge >= 0.3 is 0 Å². The van der Waals surface area contributed by atoms with Crippen molar-refractivity contribution in [2.75, 3.05) is 18.1 Å². The van der Waals surface area contributed by atoms with Crippen molar-refractivity contribution in [2.24, 2.45) is 0 Å². The third-order valence-corrected chi connectivity index (χ3v) is 4.61. The van der Waals surface area contributed by atoms with Gasteiger partial charge in [0.1, 0.15) is 16.8 Å². The highest BCUT2D eigenvalue weighted by atomic mass is 32.2. The molecule has 0 radical (unpaired) electrons. The molecule has 0 aliphatic carbocycles. The van der Waals surface area contributed by atoms with E-state index in [2.05, 4.69) is 16.6 Å². The maximum Gasteiger partial charge on any atom is 0.146 e. The molecular weight excluding hydrogens is 361 g/mol. The fourth-order valence-electron chi connectivity index (χ4n) is 2.10. The van der Waals surface area contributed by atoms with Crippen LogP contribution in [-0.2, 0) is 11.0 Å². The summed E-state index contributed by atoms with van der Waals surface area (Å²) >= 11 is 0. The van der Waals surface area contributed by atoms with E-state index in [0.29, 0.717) is 22.8 Å². The van der Waals surface area contributed by atoms with Crippen LogP contribution in [0.5, 0.6) is 0 Å². The van der Waals surface area contributed by atoms with Gasteiger partial charge in [0.05, 0.1) is 17.1 Å². The average molecular weight is 396 g/mol. The van der Waals surface area contributed by atoms with Crippen molar-refractivity contribution >= 4 is 16.7 Å². The van der Waals surface area contributed by atoms with Gasteiger partial charge < -0.3 is 14.9 Å². The van der Waals surface area contributed by atoms with Gasteiger partial charge in [-0.15, -0.1) is 0 Å². The second kappa shape index (κ2) is 13.1. The lowest BCUT2D eigenvalue weighted by Gasteiger charge is -2.26. The van der Waals surface area contributed by atoms with Gasteiger partial charge in [0, 0.05) is 24.7 Å². The van der Waals surface area contributed by atoms with E-state index in [0.717, 1.165) is 17.7 Å². The Bertz CT molecular complexity index is 699. The second-order valence-corrected chi connectivity index (χ2v) is 6.77. The highest BCUT2D eigenvalue weighted by Gasteiger charge is 2.17. The number of rotatable bonds is 6. The highest BCUT2D eigenvalue weighted by Crippen LogP contribution is 2.24. The van der Waals surface area contributed by atoms with Crippen LogP contribution in [0.25, 0.3) is 0 Å². The molecule has 6 heteroatoms. The van der Waals surface area contributed by atoms with E-state index in [1.54, 1.807) is 18.3 Å². The maximum absolute atomic E-state index is 14.1. The normalized spacial score (nSPS) is 13.9. The van der Waals surface area contributed by atoms with Gasteiger partial charge in [-0.05, 0) is 37.1 Å². The Morgan fingerprint density at radius 2 is 1.81 bits per heavy atom. The molecule has 2 rings (SSSR count). The Morgan fingerprint density at radius 3 is 2.37 bits per heavy atom. The molecule has 0 fully saturated rings. The summed E-state index contributed by atoms with van der Waals surface area (Å²) in [6.45, 7) is 15.8. The SMILES string of the molecule is C=C1C=C(Nc2ccc(C)cc2F)C(NS(=O)CCC)=CN1C.CC.CC. The van der Waals surface area contributed by atoms with Gasteiger partial charge in [0.25, 0.3) is 0 Å². The zero-order valence-corrected chi connectivity index (χ0v) is 18.5. The fraction of sp³-hybridized carbons (Fsp3) is 0.429. The Morgan fingerprint density at radius 1 is 1.19 bits per heavy atom. The lowest BCUT2D eigenvalue weighted by Crippen LogP contribution is -2.28. The maximum atomic E-state index is 14.1. The van der Waals surface area contributed by atoms with Crippen LogP contribution in [0.2, 0.25) is 0 Å². The van der Waals surface area contributed by atoms with Gasteiger partial charge in [-0.2, -0.15) is 0 Å². The molecule has 4 nitrogen and oxygen atoms in total. The number of aryl methyl sites for hydroxylation is 1. The molecule has 0 aromatic heterocycles. The first-order chi connectivity index (χ1) is 12.9. The molecule has 0 spiro atoms. The lowest BCUT2D eigenvalue weighted by atomic mass is 10.1. The molecule has 1 unspecified atom stereocenters. The topological polar surface area (TPSA) is 44.4 Å². The minimum absolute atomic E-state index is 0.329. The minimum atomic E-state index is -1.18. The number of hydrogen-bond donors (Lipinski definition) is 2. The molecule has 1 aromatic rings. The number of hydrogen-bond acceptors (Lipinski definition) is 3. The van der Waals surface area contributed by atoms with E-state index in [1.807, 2.05) is 59.6 Å². The van der Waals surface area contributed by atoms with E-state index in [9.17, 15) is 8.60 Å². The van der Waals surface area contributed by atoms with Crippen molar-refractivity contribution in [3.63, 3.8) is 0 Å². The molecule has 1 atom stereocenters. The van der Waals surface area contributed by atoms with Crippen molar-refractivity contribution in [3.8, 4) is 0 Å². The lowest BCUT2D eigenvalue weighted by molar-refractivity contribution is 0.573. The molecule has 152 valence electrons. The number of benzene rings is 1. The first-order valence-electron chi connectivity index (χ1n) is 9.44. The summed E-state index contributed by atoms with van der Waals surface area (Å²) < 4.78 is 29.0. The van der Waals surface area contributed by atoms with E-state index in [1.165, 1.54) is 6.07 Å². The quantitative estimate of drug-likeness (QED) is 0.673. The zero-order valence-electron chi connectivity index (χ0n) is 17.6.